The molecule has 218 valence electrons. The van der Waals surface area contributed by atoms with Crippen LogP contribution in [-0.4, -0.2) is 13.1 Å². The van der Waals surface area contributed by atoms with Gasteiger partial charge in [0.15, 0.2) is 0 Å². The molecule has 4 aliphatic rings. The third-order valence-electron chi connectivity index (χ3n) is 12.3. The molecule has 0 radical (unpaired) electrons. The molecule has 37 heavy (non-hydrogen) atoms. The average Bonchev–Trinajstić information content (AvgIpc) is 2.84. The number of allylic oxidation sites excluding steroid dienone is 2. The molecule has 2 saturated carbocycles. The molecule has 0 aromatic rings. The minimum atomic E-state index is 0.429. The molecule has 7 unspecified atom stereocenters. The second-order valence-electron chi connectivity index (χ2n) is 16.4. The fraction of sp³-hybridized carbons (Fsp3) is 0.944. The molecule has 0 spiro atoms. The zero-order valence-electron chi connectivity index (χ0n) is 28.0. The lowest BCUT2D eigenvalue weighted by Crippen LogP contribution is -2.64. The topological polar surface area (TPSA) is 12.0 Å². The number of nitrogens with one attached hydrogen (secondary N) is 1. The molecule has 1 heterocycles. The Morgan fingerprint density at radius 2 is 1.59 bits per heavy atom. The van der Waals surface area contributed by atoms with E-state index in [1.165, 1.54) is 58.0 Å². The number of piperidine rings is 1. The van der Waals surface area contributed by atoms with Crippen LogP contribution in [0.25, 0.3) is 0 Å². The summed E-state index contributed by atoms with van der Waals surface area (Å²) in [4.78, 5) is 0. The Morgan fingerprint density at radius 3 is 2.08 bits per heavy atom. The first-order valence-electron chi connectivity index (χ1n) is 16.4. The van der Waals surface area contributed by atoms with E-state index in [4.69, 9.17) is 0 Å². The van der Waals surface area contributed by atoms with Crippen molar-refractivity contribution in [2.45, 2.75) is 142 Å². The van der Waals surface area contributed by atoms with E-state index in [1.807, 2.05) is 13.8 Å². The van der Waals surface area contributed by atoms with Crippen LogP contribution < -0.4 is 5.32 Å². The average molecular weight is 516 g/mol. The lowest BCUT2D eigenvalue weighted by molar-refractivity contribution is -0.148. The van der Waals surface area contributed by atoms with Gasteiger partial charge < -0.3 is 5.32 Å². The van der Waals surface area contributed by atoms with Crippen molar-refractivity contribution in [2.24, 2.45) is 63.1 Å². The van der Waals surface area contributed by atoms with Gasteiger partial charge in [-0.2, -0.15) is 0 Å². The van der Waals surface area contributed by atoms with Gasteiger partial charge in [-0.3, -0.25) is 0 Å². The zero-order chi connectivity index (χ0) is 28.4. The minimum absolute atomic E-state index is 0.429. The summed E-state index contributed by atoms with van der Waals surface area (Å²) in [5.74, 6) is 6.53. The molecule has 0 bridgehead atoms. The minimum Gasteiger partial charge on any atom is -0.316 e. The number of hydrogen-bond donors (Lipinski definition) is 1. The summed E-state index contributed by atoms with van der Waals surface area (Å²) in [6.45, 7) is 35.7. The maximum absolute atomic E-state index is 3.79. The largest absolute Gasteiger partial charge is 0.316 e. The van der Waals surface area contributed by atoms with Gasteiger partial charge in [-0.05, 0) is 115 Å². The number of hydrogen-bond acceptors (Lipinski definition) is 1. The van der Waals surface area contributed by atoms with Crippen molar-refractivity contribution in [3.8, 4) is 0 Å². The summed E-state index contributed by atoms with van der Waals surface area (Å²) >= 11 is 0. The predicted molar refractivity (Wildman–Crippen MR) is 167 cm³/mol. The summed E-state index contributed by atoms with van der Waals surface area (Å²) in [7, 11) is 0. The first kappa shape index (κ1) is 32.9. The van der Waals surface area contributed by atoms with Gasteiger partial charge in [-0.15, -0.1) is 0 Å². The van der Waals surface area contributed by atoms with Crippen LogP contribution in [0, 0.1) is 63.1 Å². The first-order valence-corrected chi connectivity index (χ1v) is 16.4. The second kappa shape index (κ2) is 12.5. The molecule has 7 atom stereocenters. The summed E-state index contributed by atoms with van der Waals surface area (Å²) in [6, 6.07) is 0. The standard InChI is InChI=1S/C20H37N.C14H26.C2H6/c1-13-18-16(11-21-12-17(18)20(13,5)6)14-8-7-9-15(10-14)19(2,3)4;1-11(2)14(13(4,5)6)9-7-12(3)8-10-14;1-2/h13-18,21H,7-12H2,1-6H3;7,11H,8-10H2,1-6H3;1-2H3. The Morgan fingerprint density at radius 1 is 0.973 bits per heavy atom. The molecular weight excluding hydrogens is 446 g/mol. The van der Waals surface area contributed by atoms with Crippen LogP contribution in [-0.2, 0) is 0 Å². The lowest BCUT2D eigenvalue weighted by atomic mass is 9.43. The van der Waals surface area contributed by atoms with Gasteiger partial charge in [-0.1, -0.05) is 114 Å². The van der Waals surface area contributed by atoms with Crippen molar-refractivity contribution in [1.29, 1.82) is 0 Å². The Bertz CT molecular complexity index is 729. The molecule has 0 amide bonds. The molecule has 3 fully saturated rings. The van der Waals surface area contributed by atoms with E-state index in [-0.39, 0.29) is 0 Å². The van der Waals surface area contributed by atoms with Crippen LogP contribution in [0.4, 0.5) is 0 Å². The highest BCUT2D eigenvalue weighted by atomic mass is 14.9. The van der Waals surface area contributed by atoms with E-state index in [0.29, 0.717) is 21.7 Å². The Kier molecular flexibility index (Phi) is 11.1. The van der Waals surface area contributed by atoms with Crippen LogP contribution in [0.5, 0.6) is 0 Å². The van der Waals surface area contributed by atoms with Crippen LogP contribution in [0.1, 0.15) is 142 Å². The van der Waals surface area contributed by atoms with Gasteiger partial charge >= 0.3 is 0 Å². The maximum atomic E-state index is 3.79. The summed E-state index contributed by atoms with van der Waals surface area (Å²) in [5, 5.41) is 3.79. The van der Waals surface area contributed by atoms with Crippen molar-refractivity contribution in [3.05, 3.63) is 11.6 Å². The third kappa shape index (κ3) is 6.89. The second-order valence-corrected chi connectivity index (χ2v) is 16.4. The van der Waals surface area contributed by atoms with E-state index in [0.717, 1.165) is 41.4 Å². The molecule has 3 aliphatic carbocycles. The van der Waals surface area contributed by atoms with Crippen molar-refractivity contribution in [1.82, 2.24) is 5.32 Å². The Labute approximate surface area is 234 Å². The van der Waals surface area contributed by atoms with Crippen molar-refractivity contribution >= 4 is 0 Å². The quantitative estimate of drug-likeness (QED) is 0.360. The van der Waals surface area contributed by atoms with Crippen LogP contribution in [0.3, 0.4) is 0 Å². The van der Waals surface area contributed by atoms with E-state index in [9.17, 15) is 0 Å². The molecule has 0 aromatic carbocycles. The maximum Gasteiger partial charge on any atom is -0.00123 e. The van der Waals surface area contributed by atoms with Crippen molar-refractivity contribution < 1.29 is 0 Å². The highest BCUT2D eigenvalue weighted by molar-refractivity contribution is 5.11. The van der Waals surface area contributed by atoms with Gasteiger partial charge in [0, 0.05) is 0 Å². The van der Waals surface area contributed by atoms with Crippen LogP contribution >= 0.6 is 0 Å². The van der Waals surface area contributed by atoms with Crippen LogP contribution in [0.15, 0.2) is 11.6 Å². The molecule has 1 nitrogen and oxygen atoms in total. The van der Waals surface area contributed by atoms with Crippen LogP contribution in [0.2, 0.25) is 0 Å². The molecule has 1 aliphatic heterocycles. The van der Waals surface area contributed by atoms with Crippen molar-refractivity contribution in [3.63, 3.8) is 0 Å². The molecular formula is C36H69N. The molecule has 0 aromatic heterocycles. The van der Waals surface area contributed by atoms with Gasteiger partial charge in [0.05, 0.1) is 0 Å². The molecule has 1 heteroatoms. The smallest absolute Gasteiger partial charge is 0.00123 e. The van der Waals surface area contributed by atoms with Gasteiger partial charge in [0.25, 0.3) is 0 Å². The molecule has 1 saturated heterocycles. The Balaban J connectivity index is 0.000000263. The first-order chi connectivity index (χ1) is 17.0. The lowest BCUT2D eigenvalue weighted by Gasteiger charge is -2.64. The monoisotopic (exact) mass is 516 g/mol. The van der Waals surface area contributed by atoms with Gasteiger partial charge in [-0.25, -0.2) is 0 Å². The van der Waals surface area contributed by atoms with Gasteiger partial charge in [0.2, 0.25) is 0 Å². The Hall–Kier alpha value is -0.300. The summed E-state index contributed by atoms with van der Waals surface area (Å²) in [6.07, 6.45) is 12.3. The predicted octanol–water partition coefficient (Wildman–Crippen LogP) is 10.8. The fourth-order valence-electron chi connectivity index (χ4n) is 9.11. The van der Waals surface area contributed by atoms with E-state index in [2.05, 4.69) is 94.5 Å². The fourth-order valence-corrected chi connectivity index (χ4v) is 9.11. The van der Waals surface area contributed by atoms with E-state index >= 15 is 0 Å². The summed E-state index contributed by atoms with van der Waals surface area (Å²) in [5.41, 5.74) is 3.61. The molecule has 4 rings (SSSR count). The normalized spacial score (nSPS) is 37.6. The molecule has 1 N–H and O–H groups in total. The third-order valence-corrected chi connectivity index (χ3v) is 12.3. The highest BCUT2D eigenvalue weighted by Crippen LogP contribution is 2.61. The number of rotatable bonds is 2. The van der Waals surface area contributed by atoms with E-state index in [1.54, 1.807) is 5.57 Å². The summed E-state index contributed by atoms with van der Waals surface area (Å²) < 4.78 is 0. The highest BCUT2D eigenvalue weighted by Gasteiger charge is 2.58. The number of fused-ring (bicyclic) bond motifs is 1. The SMILES string of the molecule is CC.CC1=CCC(C(C)C)(C(C)(C)C)CC1.CC1C2C(C3CCCC(C(C)(C)C)C3)CNCC2C1(C)C. The van der Waals surface area contributed by atoms with E-state index < -0.39 is 0 Å². The zero-order valence-corrected chi connectivity index (χ0v) is 28.0. The van der Waals surface area contributed by atoms with Gasteiger partial charge in [0.1, 0.15) is 0 Å². The van der Waals surface area contributed by atoms with Crippen molar-refractivity contribution in [2.75, 3.05) is 13.1 Å².